The summed E-state index contributed by atoms with van der Waals surface area (Å²) in [6, 6.07) is 15.3. The Kier molecular flexibility index (Phi) is 8.14. The average Bonchev–Trinajstić information content (AvgIpc) is 2.70. The number of rotatable bonds is 7. The van der Waals surface area contributed by atoms with Crippen LogP contribution in [0, 0.1) is 0 Å². The van der Waals surface area contributed by atoms with Crippen LogP contribution in [0.25, 0.3) is 0 Å². The largest absolute Gasteiger partial charge is 0.361 e. The van der Waals surface area contributed by atoms with Gasteiger partial charge in [-0.1, -0.05) is 75.2 Å². The van der Waals surface area contributed by atoms with Crippen molar-refractivity contribution in [2.75, 3.05) is 6.61 Å². The van der Waals surface area contributed by atoms with E-state index in [1.165, 1.54) is 0 Å². The molecule has 0 aromatic heterocycles. The van der Waals surface area contributed by atoms with Gasteiger partial charge in [-0.3, -0.25) is 4.79 Å². The Morgan fingerprint density at radius 1 is 1.07 bits per heavy atom. The van der Waals surface area contributed by atoms with Gasteiger partial charge in [0, 0.05) is 21.3 Å². The van der Waals surface area contributed by atoms with Crippen LogP contribution >= 0.6 is 35.0 Å². The number of hydrogen-bond acceptors (Lipinski definition) is 3. The van der Waals surface area contributed by atoms with E-state index in [4.69, 9.17) is 27.9 Å². The predicted molar refractivity (Wildman–Crippen MR) is 127 cm³/mol. The maximum Gasteiger partial charge on any atom is 0.249 e. The second-order valence-corrected chi connectivity index (χ2v) is 10.8. The molecule has 0 bridgehead atoms. The average molecular weight is 466 g/mol. The lowest BCUT2D eigenvalue weighted by Gasteiger charge is -2.47. The molecule has 0 radical (unpaired) electrons. The number of ether oxygens (including phenoxy) is 1. The number of morpholine rings is 1. The van der Waals surface area contributed by atoms with Crippen LogP contribution in [-0.4, -0.2) is 34.0 Å². The molecule has 1 fully saturated rings. The maximum absolute atomic E-state index is 13.2. The van der Waals surface area contributed by atoms with E-state index in [2.05, 4.69) is 32.6 Å². The van der Waals surface area contributed by atoms with E-state index in [-0.39, 0.29) is 30.7 Å². The number of halogens is 2. The summed E-state index contributed by atoms with van der Waals surface area (Å²) in [6.07, 6.45) is 0.576. The maximum atomic E-state index is 13.2. The van der Waals surface area contributed by atoms with Crippen molar-refractivity contribution < 1.29 is 9.53 Å². The summed E-state index contributed by atoms with van der Waals surface area (Å²) < 4.78 is 6.12. The number of hydrogen-bond donors (Lipinski definition) is 0. The molecule has 2 aromatic carbocycles. The van der Waals surface area contributed by atoms with Gasteiger partial charge < -0.3 is 9.64 Å². The highest BCUT2D eigenvalue weighted by Crippen LogP contribution is 2.43. The molecule has 0 unspecified atom stereocenters. The smallest absolute Gasteiger partial charge is 0.249 e. The Morgan fingerprint density at radius 2 is 1.77 bits per heavy atom. The molecule has 1 amide bonds. The van der Waals surface area contributed by atoms with Crippen molar-refractivity contribution in [2.24, 2.45) is 0 Å². The first-order chi connectivity index (χ1) is 14.3. The number of amides is 1. The van der Waals surface area contributed by atoms with Gasteiger partial charge >= 0.3 is 0 Å². The SMILES string of the molecule is CC[C@@H]([C@@H](C)SC(C)C)N1C(=O)CO[C@H](c2cccc(Cl)c2)[C@H]1c1ccc(Cl)cc1. The van der Waals surface area contributed by atoms with Crippen molar-refractivity contribution in [3.8, 4) is 0 Å². The van der Waals surface area contributed by atoms with E-state index >= 15 is 0 Å². The van der Waals surface area contributed by atoms with Crippen LogP contribution in [0.3, 0.4) is 0 Å². The van der Waals surface area contributed by atoms with Crippen molar-refractivity contribution in [1.29, 1.82) is 0 Å². The minimum Gasteiger partial charge on any atom is -0.361 e. The first-order valence-electron chi connectivity index (χ1n) is 10.4. The Labute approximate surface area is 194 Å². The van der Waals surface area contributed by atoms with Crippen LogP contribution in [0.2, 0.25) is 10.0 Å². The monoisotopic (exact) mass is 465 g/mol. The van der Waals surface area contributed by atoms with E-state index in [1.807, 2.05) is 60.3 Å². The third-order valence-electron chi connectivity index (χ3n) is 5.45. The van der Waals surface area contributed by atoms with Gasteiger partial charge in [0.05, 0.1) is 6.04 Å². The number of carbonyl (C=O) groups excluding carboxylic acids is 1. The fourth-order valence-corrected chi connectivity index (χ4v) is 5.94. The van der Waals surface area contributed by atoms with Crippen LogP contribution in [0.4, 0.5) is 0 Å². The number of nitrogens with zero attached hydrogens (tertiary/aromatic N) is 1. The molecule has 1 heterocycles. The van der Waals surface area contributed by atoms with Gasteiger partial charge in [0.25, 0.3) is 0 Å². The van der Waals surface area contributed by atoms with E-state index in [9.17, 15) is 4.79 Å². The van der Waals surface area contributed by atoms with Crippen molar-refractivity contribution in [3.05, 3.63) is 69.7 Å². The van der Waals surface area contributed by atoms with Gasteiger partial charge in [0.1, 0.15) is 12.7 Å². The molecule has 0 N–H and O–H groups in total. The van der Waals surface area contributed by atoms with Crippen molar-refractivity contribution >= 4 is 40.9 Å². The fraction of sp³-hybridized carbons (Fsp3) is 0.458. The normalized spacial score (nSPS) is 21.7. The molecule has 0 spiro atoms. The van der Waals surface area contributed by atoms with Crippen LogP contribution < -0.4 is 0 Å². The van der Waals surface area contributed by atoms with Crippen molar-refractivity contribution in [1.82, 2.24) is 4.90 Å². The summed E-state index contributed by atoms with van der Waals surface area (Å²) in [6.45, 7) is 8.82. The van der Waals surface area contributed by atoms with Gasteiger partial charge in [0.2, 0.25) is 5.91 Å². The van der Waals surface area contributed by atoms with Crippen LogP contribution in [0.1, 0.15) is 57.4 Å². The standard InChI is InChI=1S/C24H29Cl2NO2S/c1-5-21(16(4)30-15(2)3)27-22(28)14-29-24(18-7-6-8-20(26)13-18)23(27)17-9-11-19(25)12-10-17/h6-13,15-16,21,23-24H,5,14H2,1-4H3/t16-,21+,23-,24-/m1/s1. The summed E-state index contributed by atoms with van der Waals surface area (Å²) in [4.78, 5) is 15.3. The summed E-state index contributed by atoms with van der Waals surface area (Å²) in [5.41, 5.74) is 1.98. The van der Waals surface area contributed by atoms with Crippen molar-refractivity contribution in [2.45, 2.75) is 62.8 Å². The van der Waals surface area contributed by atoms with E-state index in [0.29, 0.717) is 20.5 Å². The highest BCUT2D eigenvalue weighted by molar-refractivity contribution is 8.00. The molecule has 3 nitrogen and oxygen atoms in total. The van der Waals surface area contributed by atoms with Crippen LogP contribution in [0.5, 0.6) is 0 Å². The summed E-state index contributed by atoms with van der Waals surface area (Å²) in [5.74, 6) is 0.0243. The molecular weight excluding hydrogens is 437 g/mol. The molecule has 30 heavy (non-hydrogen) atoms. The lowest BCUT2D eigenvalue weighted by Crippen LogP contribution is -2.53. The zero-order valence-electron chi connectivity index (χ0n) is 17.8. The molecule has 1 saturated heterocycles. The van der Waals surface area contributed by atoms with Gasteiger partial charge in [-0.25, -0.2) is 0 Å². The molecule has 1 aliphatic rings. The molecule has 1 aliphatic heterocycles. The molecule has 2 aromatic rings. The number of carbonyl (C=O) groups is 1. The highest BCUT2D eigenvalue weighted by Gasteiger charge is 2.43. The van der Waals surface area contributed by atoms with Gasteiger partial charge in [-0.15, -0.1) is 0 Å². The predicted octanol–water partition coefficient (Wildman–Crippen LogP) is 6.94. The Morgan fingerprint density at radius 3 is 2.37 bits per heavy atom. The first-order valence-corrected chi connectivity index (χ1v) is 12.1. The fourth-order valence-electron chi connectivity index (χ4n) is 4.25. The van der Waals surface area contributed by atoms with E-state index < -0.39 is 0 Å². The quantitative estimate of drug-likeness (QED) is 0.443. The van der Waals surface area contributed by atoms with Crippen LogP contribution in [-0.2, 0) is 9.53 Å². The highest BCUT2D eigenvalue weighted by atomic mass is 35.5. The van der Waals surface area contributed by atoms with Gasteiger partial charge in [-0.2, -0.15) is 11.8 Å². The number of benzene rings is 2. The summed E-state index contributed by atoms with van der Waals surface area (Å²) in [7, 11) is 0. The Bertz CT molecular complexity index is 859. The second-order valence-electron chi connectivity index (χ2n) is 7.95. The molecule has 6 heteroatoms. The topological polar surface area (TPSA) is 29.5 Å². The molecular formula is C24H29Cl2NO2S. The third-order valence-corrected chi connectivity index (χ3v) is 7.23. The lowest BCUT2D eigenvalue weighted by atomic mass is 9.90. The molecule has 0 aliphatic carbocycles. The Hall–Kier alpha value is -1.20. The summed E-state index contributed by atoms with van der Waals surface area (Å²) >= 11 is 14.3. The zero-order valence-corrected chi connectivity index (χ0v) is 20.2. The molecule has 4 atom stereocenters. The molecule has 162 valence electrons. The Balaban J connectivity index is 2.08. The van der Waals surface area contributed by atoms with Crippen LogP contribution in [0.15, 0.2) is 48.5 Å². The first kappa shape index (κ1) is 23.5. The number of thioether (sulfide) groups is 1. The third kappa shape index (κ3) is 5.34. The summed E-state index contributed by atoms with van der Waals surface area (Å²) in [5, 5.41) is 2.11. The second kappa shape index (κ2) is 10.4. The lowest BCUT2D eigenvalue weighted by molar-refractivity contribution is -0.163. The van der Waals surface area contributed by atoms with Crippen molar-refractivity contribution in [3.63, 3.8) is 0 Å². The van der Waals surface area contributed by atoms with E-state index in [1.54, 1.807) is 0 Å². The molecule has 0 saturated carbocycles. The van der Waals surface area contributed by atoms with Gasteiger partial charge in [0.15, 0.2) is 0 Å². The van der Waals surface area contributed by atoms with Gasteiger partial charge in [-0.05, 0) is 47.1 Å². The zero-order chi connectivity index (χ0) is 21.8. The molecule has 3 rings (SSSR count). The minimum atomic E-state index is -0.298. The van der Waals surface area contributed by atoms with E-state index in [0.717, 1.165) is 17.5 Å². The minimum absolute atomic E-state index is 0.0243.